The SMILES string of the molecule is CCOC(=O)COc1ccccc1/C=N\NC(=O)c1ccc(C#N)cc1F. The molecule has 0 aliphatic carbocycles. The van der Waals surface area contributed by atoms with Gasteiger partial charge in [0.1, 0.15) is 11.6 Å². The van der Waals surface area contributed by atoms with Gasteiger partial charge in [-0.05, 0) is 37.3 Å². The van der Waals surface area contributed by atoms with E-state index in [9.17, 15) is 14.0 Å². The summed E-state index contributed by atoms with van der Waals surface area (Å²) in [7, 11) is 0. The lowest BCUT2D eigenvalue weighted by atomic mass is 10.1. The first-order valence-corrected chi connectivity index (χ1v) is 7.95. The first-order chi connectivity index (χ1) is 13.0. The Morgan fingerprint density at radius 3 is 2.78 bits per heavy atom. The van der Waals surface area contributed by atoms with Crippen molar-refractivity contribution in [3.05, 3.63) is 65.0 Å². The van der Waals surface area contributed by atoms with E-state index >= 15 is 0 Å². The molecule has 0 saturated heterocycles. The Hall–Kier alpha value is -3.73. The van der Waals surface area contributed by atoms with Gasteiger partial charge >= 0.3 is 5.97 Å². The van der Waals surface area contributed by atoms with Gasteiger partial charge in [-0.3, -0.25) is 4.79 Å². The second kappa shape index (κ2) is 9.68. The molecule has 0 atom stereocenters. The van der Waals surface area contributed by atoms with Gasteiger partial charge < -0.3 is 9.47 Å². The normalized spacial score (nSPS) is 10.3. The number of nitrogens with zero attached hydrogens (tertiary/aromatic N) is 2. The van der Waals surface area contributed by atoms with Crippen LogP contribution in [0.2, 0.25) is 0 Å². The molecule has 2 aromatic carbocycles. The molecule has 138 valence electrons. The van der Waals surface area contributed by atoms with Gasteiger partial charge in [0.25, 0.3) is 5.91 Å². The fourth-order valence-electron chi connectivity index (χ4n) is 2.05. The number of hydrazone groups is 1. The van der Waals surface area contributed by atoms with Crippen LogP contribution in [0.15, 0.2) is 47.6 Å². The van der Waals surface area contributed by atoms with Crippen LogP contribution in [0, 0.1) is 17.1 Å². The largest absolute Gasteiger partial charge is 0.481 e. The van der Waals surface area contributed by atoms with E-state index in [1.165, 1.54) is 18.3 Å². The van der Waals surface area contributed by atoms with Gasteiger partial charge in [0.05, 0.1) is 30.0 Å². The number of nitriles is 1. The zero-order chi connectivity index (χ0) is 19.6. The number of carbonyl (C=O) groups excluding carboxylic acids is 2. The Balaban J connectivity index is 2.03. The van der Waals surface area contributed by atoms with Crippen LogP contribution in [0.25, 0.3) is 0 Å². The highest BCUT2D eigenvalue weighted by atomic mass is 19.1. The van der Waals surface area contributed by atoms with E-state index in [4.69, 9.17) is 14.7 Å². The summed E-state index contributed by atoms with van der Waals surface area (Å²) in [6.07, 6.45) is 1.31. The highest BCUT2D eigenvalue weighted by Gasteiger charge is 2.11. The molecule has 0 aromatic heterocycles. The molecule has 0 saturated carbocycles. The van der Waals surface area contributed by atoms with Gasteiger partial charge in [-0.1, -0.05) is 12.1 Å². The summed E-state index contributed by atoms with van der Waals surface area (Å²) in [6.45, 7) is 1.68. The maximum Gasteiger partial charge on any atom is 0.344 e. The number of halogens is 1. The molecule has 0 unspecified atom stereocenters. The Labute approximate surface area is 155 Å². The third-order valence-corrected chi connectivity index (χ3v) is 3.28. The van der Waals surface area contributed by atoms with Gasteiger partial charge in [-0.25, -0.2) is 14.6 Å². The van der Waals surface area contributed by atoms with Crippen LogP contribution in [-0.2, 0) is 9.53 Å². The molecule has 0 radical (unpaired) electrons. The third-order valence-electron chi connectivity index (χ3n) is 3.28. The van der Waals surface area contributed by atoms with E-state index in [0.29, 0.717) is 11.3 Å². The number of esters is 1. The number of rotatable bonds is 7. The molecule has 2 rings (SSSR count). The highest BCUT2D eigenvalue weighted by molar-refractivity contribution is 5.95. The molecule has 0 aliphatic rings. The molecule has 0 aliphatic heterocycles. The minimum atomic E-state index is -0.820. The van der Waals surface area contributed by atoms with Gasteiger partial charge in [0, 0.05) is 5.56 Å². The summed E-state index contributed by atoms with van der Waals surface area (Å²) in [4.78, 5) is 23.4. The molecule has 0 spiro atoms. The molecule has 0 fully saturated rings. The van der Waals surface area contributed by atoms with Gasteiger partial charge in [-0.2, -0.15) is 10.4 Å². The van der Waals surface area contributed by atoms with E-state index < -0.39 is 17.7 Å². The fourth-order valence-corrected chi connectivity index (χ4v) is 2.05. The van der Waals surface area contributed by atoms with Crippen molar-refractivity contribution in [3.63, 3.8) is 0 Å². The Morgan fingerprint density at radius 1 is 1.30 bits per heavy atom. The third kappa shape index (κ3) is 5.64. The Morgan fingerprint density at radius 2 is 2.07 bits per heavy atom. The minimum Gasteiger partial charge on any atom is -0.481 e. The second-order valence-corrected chi connectivity index (χ2v) is 5.14. The maximum absolute atomic E-state index is 13.8. The molecule has 1 amide bonds. The topological polar surface area (TPSA) is 101 Å². The summed E-state index contributed by atoms with van der Waals surface area (Å²) in [5, 5.41) is 12.5. The van der Waals surface area contributed by atoms with Crippen LogP contribution >= 0.6 is 0 Å². The van der Waals surface area contributed by atoms with Crippen molar-refractivity contribution in [1.29, 1.82) is 5.26 Å². The van der Waals surface area contributed by atoms with E-state index in [1.54, 1.807) is 37.3 Å². The number of para-hydroxylation sites is 1. The van der Waals surface area contributed by atoms with Gasteiger partial charge in [0.2, 0.25) is 0 Å². The highest BCUT2D eigenvalue weighted by Crippen LogP contribution is 2.16. The van der Waals surface area contributed by atoms with E-state index in [2.05, 4.69) is 10.5 Å². The molecule has 27 heavy (non-hydrogen) atoms. The van der Waals surface area contributed by atoms with Crippen LogP contribution in [0.3, 0.4) is 0 Å². The minimum absolute atomic E-state index is 0.111. The number of nitrogens with one attached hydrogen (secondary N) is 1. The molecule has 0 bridgehead atoms. The van der Waals surface area contributed by atoms with Crippen molar-refractivity contribution in [1.82, 2.24) is 5.43 Å². The predicted molar refractivity (Wildman–Crippen MR) is 94.7 cm³/mol. The molecule has 7 nitrogen and oxygen atoms in total. The molecular weight excluding hydrogens is 353 g/mol. The number of hydrogen-bond donors (Lipinski definition) is 1. The number of benzene rings is 2. The fraction of sp³-hybridized carbons (Fsp3) is 0.158. The average Bonchev–Trinajstić information content (AvgIpc) is 2.67. The van der Waals surface area contributed by atoms with Crippen LogP contribution in [0.4, 0.5) is 4.39 Å². The predicted octanol–water partition coefficient (Wildman–Crippen LogP) is 2.40. The lowest BCUT2D eigenvalue weighted by molar-refractivity contribution is -0.145. The average molecular weight is 369 g/mol. The zero-order valence-electron chi connectivity index (χ0n) is 14.4. The maximum atomic E-state index is 13.8. The molecule has 1 N–H and O–H groups in total. The van der Waals surface area contributed by atoms with E-state index in [1.807, 2.05) is 0 Å². The molecular formula is C19H16FN3O4. The Bertz CT molecular complexity index is 906. The van der Waals surface area contributed by atoms with Crippen LogP contribution in [-0.4, -0.2) is 31.3 Å². The summed E-state index contributed by atoms with van der Waals surface area (Å²) in [5.74, 6) is -1.72. The van der Waals surface area contributed by atoms with Gasteiger partial charge in [0.15, 0.2) is 6.61 Å². The van der Waals surface area contributed by atoms with E-state index in [-0.39, 0.29) is 24.3 Å². The lowest BCUT2D eigenvalue weighted by Crippen LogP contribution is -2.19. The number of amides is 1. The lowest BCUT2D eigenvalue weighted by Gasteiger charge is -2.08. The summed E-state index contributed by atoms with van der Waals surface area (Å²) >= 11 is 0. The number of hydrogen-bond acceptors (Lipinski definition) is 6. The quantitative estimate of drug-likeness (QED) is 0.459. The smallest absolute Gasteiger partial charge is 0.344 e. The van der Waals surface area contributed by atoms with Crippen molar-refractivity contribution >= 4 is 18.1 Å². The van der Waals surface area contributed by atoms with Gasteiger partial charge in [-0.15, -0.1) is 0 Å². The monoisotopic (exact) mass is 369 g/mol. The van der Waals surface area contributed by atoms with E-state index in [0.717, 1.165) is 6.07 Å². The zero-order valence-corrected chi connectivity index (χ0v) is 14.4. The number of ether oxygens (including phenoxy) is 2. The number of carbonyl (C=O) groups is 2. The van der Waals surface area contributed by atoms with Crippen LogP contribution < -0.4 is 10.2 Å². The first-order valence-electron chi connectivity index (χ1n) is 7.95. The summed E-state index contributed by atoms with van der Waals surface area (Å²) in [6, 6.07) is 12.0. The van der Waals surface area contributed by atoms with Crippen molar-refractivity contribution in [2.45, 2.75) is 6.92 Å². The van der Waals surface area contributed by atoms with Crippen LogP contribution in [0.1, 0.15) is 28.4 Å². The molecule has 2 aromatic rings. The van der Waals surface area contributed by atoms with Crippen molar-refractivity contribution in [3.8, 4) is 11.8 Å². The van der Waals surface area contributed by atoms with Crippen LogP contribution in [0.5, 0.6) is 5.75 Å². The standard InChI is InChI=1S/C19H16FN3O4/c1-2-26-18(24)12-27-17-6-4-3-5-14(17)11-22-23-19(25)15-8-7-13(10-21)9-16(15)20/h3-9,11H,2,12H2,1H3,(H,23,25)/b22-11-. The van der Waals surface area contributed by atoms with Crippen molar-refractivity contribution in [2.75, 3.05) is 13.2 Å². The van der Waals surface area contributed by atoms with Crippen molar-refractivity contribution < 1.29 is 23.5 Å². The Kier molecular flexibility index (Phi) is 7.02. The first kappa shape index (κ1) is 19.6. The summed E-state index contributed by atoms with van der Waals surface area (Å²) < 4.78 is 24.0. The second-order valence-electron chi connectivity index (χ2n) is 5.14. The summed E-state index contributed by atoms with van der Waals surface area (Å²) in [5.41, 5.74) is 2.57. The van der Waals surface area contributed by atoms with Crippen molar-refractivity contribution in [2.24, 2.45) is 5.10 Å². The molecule has 0 heterocycles. The molecule has 8 heteroatoms.